The zero-order chi connectivity index (χ0) is 22.1. The Hall–Kier alpha value is -1.83. The first-order valence-electron chi connectivity index (χ1n) is 10.4. The summed E-state index contributed by atoms with van der Waals surface area (Å²) in [4.78, 5) is 6.10. The van der Waals surface area contributed by atoms with Crippen molar-refractivity contribution in [2.24, 2.45) is 0 Å². The second-order valence-corrected chi connectivity index (χ2v) is 12.2. The van der Waals surface area contributed by atoms with Crippen LogP contribution < -0.4 is 9.64 Å². The fourth-order valence-corrected chi connectivity index (χ4v) is 7.98. The Morgan fingerprint density at radius 1 is 1.26 bits per heavy atom. The van der Waals surface area contributed by atoms with Crippen LogP contribution in [0.3, 0.4) is 0 Å². The molecule has 166 valence electrons. The number of para-hydroxylation sites is 1. The molecule has 4 rings (SSSR count). The molecule has 1 fully saturated rings. The minimum absolute atomic E-state index is 0.379. The highest BCUT2D eigenvalue weighted by Gasteiger charge is 2.44. The highest BCUT2D eigenvalue weighted by molar-refractivity contribution is 7.93. The van der Waals surface area contributed by atoms with Crippen LogP contribution >= 0.6 is 22.9 Å². The number of rotatable bonds is 6. The lowest BCUT2D eigenvalue weighted by atomic mass is 10.0. The topological polar surface area (TPSA) is 59.5 Å². The standard InChI is InChI=1S/C23H27ClN2O3S2/c1-23(24)12-6-5-9-21(23)31(27,28)19-10-13-26(14-11-19)22-25-18(16-30-22)15-17-7-3-4-8-20(17)29-2/h3-9,12,16,19,21H,10-11,13-15H2,1-2H3. The molecule has 2 atom stereocenters. The van der Waals surface area contributed by atoms with Gasteiger partial charge in [-0.15, -0.1) is 22.9 Å². The molecule has 0 N–H and O–H groups in total. The number of hydrogen-bond donors (Lipinski definition) is 0. The van der Waals surface area contributed by atoms with Crippen molar-refractivity contribution in [2.75, 3.05) is 25.1 Å². The van der Waals surface area contributed by atoms with Gasteiger partial charge in [-0.1, -0.05) is 42.5 Å². The van der Waals surface area contributed by atoms with Crippen molar-refractivity contribution in [3.8, 4) is 5.75 Å². The van der Waals surface area contributed by atoms with Crippen LogP contribution in [0.4, 0.5) is 5.13 Å². The number of methoxy groups -OCH3 is 1. The van der Waals surface area contributed by atoms with Crippen LogP contribution in [0, 0.1) is 0 Å². The molecule has 0 bridgehead atoms. The quantitative estimate of drug-likeness (QED) is 0.567. The Kier molecular flexibility index (Phi) is 6.47. The molecular formula is C23H27ClN2O3S2. The number of thiazole rings is 1. The second kappa shape index (κ2) is 8.96. The average Bonchev–Trinajstić information content (AvgIpc) is 3.22. The number of sulfone groups is 1. The molecule has 31 heavy (non-hydrogen) atoms. The predicted octanol–water partition coefficient (Wildman–Crippen LogP) is 4.62. The van der Waals surface area contributed by atoms with E-state index in [-0.39, 0.29) is 5.25 Å². The van der Waals surface area contributed by atoms with Gasteiger partial charge in [-0.05, 0) is 25.8 Å². The molecule has 1 saturated heterocycles. The monoisotopic (exact) mass is 478 g/mol. The van der Waals surface area contributed by atoms with Crippen molar-refractivity contribution in [3.05, 3.63) is 65.2 Å². The van der Waals surface area contributed by atoms with E-state index in [2.05, 4.69) is 10.3 Å². The summed E-state index contributed by atoms with van der Waals surface area (Å²) in [5.74, 6) is 0.862. The number of anilines is 1. The molecule has 0 saturated carbocycles. The SMILES string of the molecule is COc1ccccc1Cc1csc(N2CCC(S(=O)(=O)C3C=CC=CC3(C)Cl)CC2)n1. The fourth-order valence-electron chi connectivity index (χ4n) is 4.27. The second-order valence-electron chi connectivity index (χ2n) is 8.20. The Morgan fingerprint density at radius 2 is 2.00 bits per heavy atom. The summed E-state index contributed by atoms with van der Waals surface area (Å²) in [7, 11) is -1.69. The average molecular weight is 479 g/mol. The van der Waals surface area contributed by atoms with Crippen LogP contribution in [-0.4, -0.2) is 49.0 Å². The highest BCUT2D eigenvalue weighted by Crippen LogP contribution is 2.36. The van der Waals surface area contributed by atoms with Gasteiger partial charge in [-0.25, -0.2) is 13.4 Å². The minimum atomic E-state index is -3.37. The third kappa shape index (κ3) is 4.69. The molecule has 0 amide bonds. The summed E-state index contributed by atoms with van der Waals surface area (Å²) in [6.07, 6.45) is 8.97. The number of ether oxygens (including phenoxy) is 1. The molecule has 1 aromatic heterocycles. The highest BCUT2D eigenvalue weighted by atomic mass is 35.5. The maximum Gasteiger partial charge on any atom is 0.185 e. The third-order valence-electron chi connectivity index (χ3n) is 6.01. The van der Waals surface area contributed by atoms with Gasteiger partial charge < -0.3 is 9.64 Å². The summed E-state index contributed by atoms with van der Waals surface area (Å²) in [6, 6.07) is 7.96. The van der Waals surface area contributed by atoms with Crippen LogP contribution in [-0.2, 0) is 16.3 Å². The van der Waals surface area contributed by atoms with E-state index >= 15 is 0 Å². The number of aromatic nitrogens is 1. The zero-order valence-corrected chi connectivity index (χ0v) is 20.1. The maximum atomic E-state index is 13.3. The number of benzene rings is 1. The van der Waals surface area contributed by atoms with Crippen molar-refractivity contribution in [2.45, 2.75) is 41.6 Å². The molecule has 5 nitrogen and oxygen atoms in total. The van der Waals surface area contributed by atoms with Gasteiger partial charge in [0.1, 0.15) is 11.0 Å². The number of alkyl halides is 1. The van der Waals surface area contributed by atoms with E-state index in [9.17, 15) is 8.42 Å². The first-order chi connectivity index (χ1) is 14.8. The molecule has 8 heteroatoms. The van der Waals surface area contributed by atoms with Crippen LogP contribution in [0.5, 0.6) is 5.75 Å². The summed E-state index contributed by atoms with van der Waals surface area (Å²) >= 11 is 8.12. The van der Waals surface area contributed by atoms with Crippen LogP contribution in [0.1, 0.15) is 31.0 Å². The van der Waals surface area contributed by atoms with Gasteiger partial charge in [-0.3, -0.25) is 0 Å². The van der Waals surface area contributed by atoms with Crippen molar-refractivity contribution in [3.63, 3.8) is 0 Å². The number of allylic oxidation sites excluding steroid dienone is 3. The normalized spacial score (nSPS) is 24.5. The van der Waals surface area contributed by atoms with Gasteiger partial charge in [0, 0.05) is 30.5 Å². The van der Waals surface area contributed by atoms with Crippen molar-refractivity contribution < 1.29 is 13.2 Å². The fraction of sp³-hybridized carbons (Fsp3) is 0.435. The molecule has 0 radical (unpaired) electrons. The molecule has 2 heterocycles. The molecule has 2 aromatic rings. The molecule has 1 aromatic carbocycles. The summed E-state index contributed by atoms with van der Waals surface area (Å²) in [6.45, 7) is 3.12. The third-order valence-corrected chi connectivity index (χ3v) is 10.2. The van der Waals surface area contributed by atoms with Crippen LogP contribution in [0.25, 0.3) is 0 Å². The van der Waals surface area contributed by atoms with E-state index in [1.165, 1.54) is 0 Å². The first kappa shape index (κ1) is 22.4. The lowest BCUT2D eigenvalue weighted by molar-refractivity contribution is 0.410. The maximum absolute atomic E-state index is 13.3. The van der Waals surface area contributed by atoms with Gasteiger partial charge in [0.25, 0.3) is 0 Å². The van der Waals surface area contributed by atoms with Gasteiger partial charge in [0.05, 0.1) is 22.9 Å². The molecule has 1 aliphatic carbocycles. The summed E-state index contributed by atoms with van der Waals surface area (Å²) in [5, 5.41) is 1.96. The lowest BCUT2D eigenvalue weighted by Crippen LogP contribution is -2.47. The van der Waals surface area contributed by atoms with Gasteiger partial charge in [0.2, 0.25) is 0 Å². The minimum Gasteiger partial charge on any atom is -0.496 e. The summed E-state index contributed by atoms with van der Waals surface area (Å²) < 4.78 is 31.9. The largest absolute Gasteiger partial charge is 0.496 e. The van der Waals surface area contributed by atoms with E-state index in [0.717, 1.165) is 22.1 Å². The van der Waals surface area contributed by atoms with Crippen molar-refractivity contribution >= 4 is 37.9 Å². The molecular weight excluding hydrogens is 452 g/mol. The Labute approximate surface area is 193 Å². The van der Waals surface area contributed by atoms with E-state index < -0.39 is 20.0 Å². The van der Waals surface area contributed by atoms with E-state index in [0.29, 0.717) is 32.4 Å². The molecule has 0 spiro atoms. The van der Waals surface area contributed by atoms with Crippen molar-refractivity contribution in [1.29, 1.82) is 0 Å². The smallest absolute Gasteiger partial charge is 0.185 e. The van der Waals surface area contributed by atoms with E-state index in [1.807, 2.05) is 30.3 Å². The Bertz CT molecular complexity index is 1080. The van der Waals surface area contributed by atoms with Crippen molar-refractivity contribution in [1.82, 2.24) is 4.98 Å². The first-order valence-corrected chi connectivity index (χ1v) is 13.3. The number of halogens is 1. The number of hydrogen-bond acceptors (Lipinski definition) is 6. The Balaban J connectivity index is 1.40. The number of piperidine rings is 1. The number of nitrogens with zero attached hydrogens (tertiary/aromatic N) is 2. The van der Waals surface area contributed by atoms with Gasteiger partial charge in [0.15, 0.2) is 15.0 Å². The molecule has 2 aliphatic rings. The summed E-state index contributed by atoms with van der Waals surface area (Å²) in [5.41, 5.74) is 2.10. The van der Waals surface area contributed by atoms with Crippen LogP contribution in [0.15, 0.2) is 53.9 Å². The molecule has 2 unspecified atom stereocenters. The predicted molar refractivity (Wildman–Crippen MR) is 128 cm³/mol. The van der Waals surface area contributed by atoms with E-state index in [4.69, 9.17) is 21.3 Å². The van der Waals surface area contributed by atoms with Gasteiger partial charge in [-0.2, -0.15) is 0 Å². The van der Waals surface area contributed by atoms with E-state index in [1.54, 1.807) is 43.6 Å². The van der Waals surface area contributed by atoms with Gasteiger partial charge >= 0.3 is 0 Å². The lowest BCUT2D eigenvalue weighted by Gasteiger charge is -2.36. The zero-order valence-electron chi connectivity index (χ0n) is 17.7. The Morgan fingerprint density at radius 3 is 2.71 bits per heavy atom. The molecule has 1 aliphatic heterocycles. The van der Waals surface area contributed by atoms with Crippen LogP contribution in [0.2, 0.25) is 0 Å².